The second-order valence-corrected chi connectivity index (χ2v) is 3.00. The van der Waals surface area contributed by atoms with E-state index in [0.29, 0.717) is 0 Å². The molecule has 5 unspecified atom stereocenters. The quantitative estimate of drug-likeness (QED) is 0.384. The van der Waals surface area contributed by atoms with Gasteiger partial charge in [-0.05, 0) is 6.92 Å². The van der Waals surface area contributed by atoms with Crippen molar-refractivity contribution in [1.82, 2.24) is 0 Å². The second kappa shape index (κ2) is 4.32. The molecule has 1 fully saturated rings. The van der Waals surface area contributed by atoms with Crippen LogP contribution in [-0.4, -0.2) is 53.3 Å². The lowest BCUT2D eigenvalue weighted by Crippen LogP contribution is -2.57. The lowest BCUT2D eigenvalue weighted by atomic mass is 10.00. The van der Waals surface area contributed by atoms with Crippen molar-refractivity contribution in [2.24, 2.45) is 0 Å². The first-order valence-electron chi connectivity index (χ1n) is 3.96. The van der Waals surface area contributed by atoms with E-state index in [1.165, 1.54) is 7.11 Å². The predicted octanol–water partition coefficient (Wildman–Crippen LogP) is -1.04. The Hall–Kier alpha value is -0.240. The number of methoxy groups -OCH3 is 1. The molecule has 0 radical (unpaired) electrons. The van der Waals surface area contributed by atoms with Gasteiger partial charge >= 0.3 is 0 Å². The molecular formula is C7H14O6. The minimum absolute atomic E-state index is 0.458. The third-order valence-corrected chi connectivity index (χ3v) is 2.15. The smallest absolute Gasteiger partial charge is 0.220 e. The lowest BCUT2D eigenvalue weighted by molar-refractivity contribution is -0.402. The Morgan fingerprint density at radius 1 is 1.23 bits per heavy atom. The van der Waals surface area contributed by atoms with Gasteiger partial charge in [-0.25, -0.2) is 10.1 Å². The summed E-state index contributed by atoms with van der Waals surface area (Å²) in [7, 11) is 1.40. The average molecular weight is 194 g/mol. The van der Waals surface area contributed by atoms with Gasteiger partial charge in [0, 0.05) is 7.11 Å². The molecule has 1 rings (SSSR count). The highest BCUT2D eigenvalue weighted by Crippen LogP contribution is 2.22. The molecule has 6 heteroatoms. The van der Waals surface area contributed by atoms with Crippen LogP contribution in [0.1, 0.15) is 6.92 Å². The van der Waals surface area contributed by atoms with Crippen LogP contribution >= 0.6 is 0 Å². The molecule has 3 N–H and O–H groups in total. The minimum atomic E-state index is -1.31. The summed E-state index contributed by atoms with van der Waals surface area (Å²) in [5.41, 5.74) is 0. The molecule has 5 atom stereocenters. The summed E-state index contributed by atoms with van der Waals surface area (Å²) in [5, 5.41) is 27.1. The summed E-state index contributed by atoms with van der Waals surface area (Å²) >= 11 is 0. The lowest BCUT2D eigenvalue weighted by Gasteiger charge is -2.39. The van der Waals surface area contributed by atoms with E-state index in [1.807, 2.05) is 0 Å². The van der Waals surface area contributed by atoms with Crippen LogP contribution in [0.3, 0.4) is 0 Å². The van der Waals surface area contributed by atoms with E-state index < -0.39 is 30.7 Å². The number of hydrogen-bond donors (Lipinski definition) is 3. The van der Waals surface area contributed by atoms with Gasteiger partial charge in [-0.2, -0.15) is 0 Å². The van der Waals surface area contributed by atoms with E-state index >= 15 is 0 Å². The molecular weight excluding hydrogens is 180 g/mol. The van der Waals surface area contributed by atoms with E-state index in [9.17, 15) is 10.2 Å². The van der Waals surface area contributed by atoms with Gasteiger partial charge in [0.2, 0.25) is 6.29 Å². The number of aliphatic hydroxyl groups excluding tert-OH is 2. The molecule has 78 valence electrons. The normalized spacial score (nSPS) is 46.4. The van der Waals surface area contributed by atoms with Gasteiger partial charge in [0.05, 0.1) is 6.10 Å². The maximum Gasteiger partial charge on any atom is 0.220 e. The van der Waals surface area contributed by atoms with Crippen LogP contribution in [0, 0.1) is 0 Å². The van der Waals surface area contributed by atoms with Crippen molar-refractivity contribution in [2.75, 3.05) is 7.11 Å². The third-order valence-electron chi connectivity index (χ3n) is 2.15. The molecule has 1 heterocycles. The highest BCUT2D eigenvalue weighted by Gasteiger charge is 2.43. The molecule has 0 spiro atoms. The second-order valence-electron chi connectivity index (χ2n) is 3.00. The Morgan fingerprint density at radius 3 is 2.31 bits per heavy atom. The standard InChI is InChI=1S/C7H14O6/c1-3-6(11-2)4(8)5(9)7(12-3)13-10/h3-10H,1-2H3. The van der Waals surface area contributed by atoms with Crippen molar-refractivity contribution in [3.63, 3.8) is 0 Å². The Kier molecular flexibility index (Phi) is 3.60. The highest BCUT2D eigenvalue weighted by molar-refractivity contribution is 4.87. The van der Waals surface area contributed by atoms with Crippen LogP contribution in [0.15, 0.2) is 0 Å². The summed E-state index contributed by atoms with van der Waals surface area (Å²) in [4.78, 5) is 3.85. The molecule has 1 aliphatic heterocycles. The van der Waals surface area contributed by atoms with Crippen LogP contribution in [0.5, 0.6) is 0 Å². The molecule has 13 heavy (non-hydrogen) atoms. The maximum absolute atomic E-state index is 9.46. The van der Waals surface area contributed by atoms with E-state index in [-0.39, 0.29) is 0 Å². The van der Waals surface area contributed by atoms with E-state index in [4.69, 9.17) is 14.7 Å². The van der Waals surface area contributed by atoms with E-state index in [2.05, 4.69) is 4.89 Å². The Morgan fingerprint density at radius 2 is 1.85 bits per heavy atom. The van der Waals surface area contributed by atoms with Crippen molar-refractivity contribution in [3.05, 3.63) is 0 Å². The number of aliphatic hydroxyl groups is 2. The van der Waals surface area contributed by atoms with Gasteiger partial charge in [-0.15, -0.1) is 0 Å². The predicted molar refractivity (Wildman–Crippen MR) is 40.9 cm³/mol. The first kappa shape index (κ1) is 10.8. The fourth-order valence-corrected chi connectivity index (χ4v) is 1.42. The zero-order valence-corrected chi connectivity index (χ0v) is 7.45. The topological polar surface area (TPSA) is 88.4 Å². The molecule has 6 nitrogen and oxygen atoms in total. The molecule has 1 aliphatic rings. The van der Waals surface area contributed by atoms with Crippen molar-refractivity contribution < 1.29 is 29.8 Å². The first-order chi connectivity index (χ1) is 6.11. The largest absolute Gasteiger partial charge is 0.387 e. The Labute approximate surface area is 75.6 Å². The summed E-state index contributed by atoms with van der Waals surface area (Å²) in [5.74, 6) is 0. The molecule has 0 aromatic rings. The van der Waals surface area contributed by atoms with Crippen LogP contribution < -0.4 is 0 Å². The molecule has 0 amide bonds. The minimum Gasteiger partial charge on any atom is -0.387 e. The zero-order valence-electron chi connectivity index (χ0n) is 7.45. The number of ether oxygens (including phenoxy) is 2. The summed E-state index contributed by atoms with van der Waals surface area (Å²) < 4.78 is 9.92. The fourth-order valence-electron chi connectivity index (χ4n) is 1.42. The summed E-state index contributed by atoms with van der Waals surface area (Å²) in [6.07, 6.45) is -4.75. The van der Waals surface area contributed by atoms with Crippen molar-refractivity contribution in [3.8, 4) is 0 Å². The number of hydrogen-bond acceptors (Lipinski definition) is 6. The maximum atomic E-state index is 9.46. The van der Waals surface area contributed by atoms with E-state index in [1.54, 1.807) is 6.92 Å². The van der Waals surface area contributed by atoms with Gasteiger partial charge in [0.1, 0.15) is 18.3 Å². The third kappa shape index (κ3) is 1.98. The van der Waals surface area contributed by atoms with Crippen LogP contribution in [0.25, 0.3) is 0 Å². The molecule has 0 aliphatic carbocycles. The molecule has 1 saturated heterocycles. The van der Waals surface area contributed by atoms with Gasteiger partial charge in [-0.1, -0.05) is 0 Å². The Bertz CT molecular complexity index is 163. The summed E-state index contributed by atoms with van der Waals surface area (Å²) in [6.45, 7) is 1.65. The molecule has 0 bridgehead atoms. The van der Waals surface area contributed by atoms with Crippen molar-refractivity contribution >= 4 is 0 Å². The first-order valence-corrected chi connectivity index (χ1v) is 3.96. The average Bonchev–Trinajstić information content (AvgIpc) is 2.12. The zero-order chi connectivity index (χ0) is 10.0. The van der Waals surface area contributed by atoms with Gasteiger partial charge in [0.25, 0.3) is 0 Å². The van der Waals surface area contributed by atoms with Crippen LogP contribution in [0.4, 0.5) is 0 Å². The molecule has 0 aromatic heterocycles. The Balaban J connectivity index is 2.66. The van der Waals surface area contributed by atoms with E-state index in [0.717, 1.165) is 0 Å². The molecule has 0 aromatic carbocycles. The van der Waals surface area contributed by atoms with Crippen molar-refractivity contribution in [1.29, 1.82) is 0 Å². The fraction of sp³-hybridized carbons (Fsp3) is 1.00. The number of rotatable bonds is 2. The monoisotopic (exact) mass is 194 g/mol. The van der Waals surface area contributed by atoms with Gasteiger partial charge in [-0.3, -0.25) is 0 Å². The highest BCUT2D eigenvalue weighted by atomic mass is 17.1. The van der Waals surface area contributed by atoms with Gasteiger partial charge < -0.3 is 19.7 Å². The van der Waals surface area contributed by atoms with Crippen molar-refractivity contribution in [2.45, 2.75) is 37.6 Å². The van der Waals surface area contributed by atoms with Crippen LogP contribution in [0.2, 0.25) is 0 Å². The summed E-state index contributed by atoms with van der Waals surface area (Å²) in [6, 6.07) is 0. The van der Waals surface area contributed by atoms with Gasteiger partial charge in [0.15, 0.2) is 0 Å². The van der Waals surface area contributed by atoms with Crippen LogP contribution in [-0.2, 0) is 14.4 Å². The molecule has 0 saturated carbocycles. The SMILES string of the molecule is COC1C(C)OC(OO)C(O)C1O.